The van der Waals surface area contributed by atoms with Crippen LogP contribution in [0.1, 0.15) is 38.5 Å². The monoisotopic (exact) mass is 284 g/mol. The molecule has 0 amide bonds. The van der Waals surface area contributed by atoms with Crippen molar-refractivity contribution in [3.8, 4) is 0 Å². The van der Waals surface area contributed by atoms with Gasteiger partial charge < -0.3 is 19.6 Å². The minimum Gasteiger partial charge on any atom is -0.324 e. The molecule has 0 heterocycles. The number of hydrogen-bond donors (Lipinski definition) is 4. The van der Waals surface area contributed by atoms with E-state index in [0.29, 0.717) is 0 Å². The third-order valence-corrected chi connectivity index (χ3v) is 8.79. The summed E-state index contributed by atoms with van der Waals surface area (Å²) in [4.78, 5) is 35.4. The lowest BCUT2D eigenvalue weighted by atomic mass is 9.82. The molecule has 0 aliphatic heterocycles. The Hall–Kier alpha value is 0.300. The summed E-state index contributed by atoms with van der Waals surface area (Å²) in [5.41, 5.74) is 0. The highest BCUT2D eigenvalue weighted by molar-refractivity contribution is 7.72. The molecule has 4 N–H and O–H groups in total. The molecule has 2 unspecified atom stereocenters. The van der Waals surface area contributed by atoms with Gasteiger partial charge in [0, 0.05) is 0 Å². The van der Waals surface area contributed by atoms with Gasteiger partial charge in [-0.2, -0.15) is 0 Å². The molecule has 2 fully saturated rings. The molecule has 0 bridgehead atoms. The first-order valence-electron chi connectivity index (χ1n) is 5.79. The molecule has 100 valence electrons. The summed E-state index contributed by atoms with van der Waals surface area (Å²) in [6, 6.07) is 0. The Kier molecular flexibility index (Phi) is 3.36. The molecule has 17 heavy (non-hydrogen) atoms. The van der Waals surface area contributed by atoms with Crippen LogP contribution in [0, 0.1) is 11.8 Å². The van der Waals surface area contributed by atoms with E-state index in [2.05, 4.69) is 0 Å². The maximum atomic E-state index is 11.5. The summed E-state index contributed by atoms with van der Waals surface area (Å²) in [6.07, 6.45) is 3.55. The normalized spacial score (nSPS) is 33.4. The van der Waals surface area contributed by atoms with Gasteiger partial charge >= 0.3 is 15.2 Å². The van der Waals surface area contributed by atoms with Crippen LogP contribution in [0.25, 0.3) is 0 Å². The Morgan fingerprint density at radius 3 is 1.47 bits per heavy atom. The van der Waals surface area contributed by atoms with Crippen molar-refractivity contribution in [3.05, 3.63) is 0 Å². The first kappa shape index (κ1) is 13.7. The van der Waals surface area contributed by atoms with Crippen LogP contribution < -0.4 is 0 Å². The van der Waals surface area contributed by atoms with Crippen molar-refractivity contribution in [1.82, 2.24) is 0 Å². The van der Waals surface area contributed by atoms with Crippen molar-refractivity contribution in [2.24, 2.45) is 11.8 Å². The molecule has 0 spiro atoms. The molecule has 2 rings (SSSR count). The number of rotatable bonds is 2. The summed E-state index contributed by atoms with van der Waals surface area (Å²) >= 11 is 0. The van der Waals surface area contributed by atoms with Gasteiger partial charge in [0.2, 0.25) is 0 Å². The molecule has 2 saturated carbocycles. The van der Waals surface area contributed by atoms with Crippen molar-refractivity contribution in [2.75, 3.05) is 0 Å². The first-order chi connectivity index (χ1) is 7.67. The summed E-state index contributed by atoms with van der Waals surface area (Å²) in [7, 11) is -9.60. The molecule has 2 aliphatic rings. The van der Waals surface area contributed by atoms with E-state index < -0.39 is 20.1 Å². The standard InChI is InChI=1S/C9H18O6P2/c10-16(11,12)9(17(13,14)15)5-7-3-1-2-4-8(7)6-9/h7-8H,1-6H2,(H2,10,11,12)(H2,13,14,15). The lowest BCUT2D eigenvalue weighted by Crippen LogP contribution is -2.25. The van der Waals surface area contributed by atoms with Gasteiger partial charge in [0.15, 0.2) is 4.90 Å². The minimum atomic E-state index is -4.80. The molecule has 0 saturated heterocycles. The summed E-state index contributed by atoms with van der Waals surface area (Å²) in [6.45, 7) is 0. The summed E-state index contributed by atoms with van der Waals surface area (Å²) in [5.74, 6) is 0.119. The Labute approximate surface area is 99.7 Å². The molecule has 0 aromatic heterocycles. The van der Waals surface area contributed by atoms with E-state index in [1.165, 1.54) is 0 Å². The van der Waals surface area contributed by atoms with Gasteiger partial charge in [-0.3, -0.25) is 9.13 Å². The highest BCUT2D eigenvalue weighted by Gasteiger charge is 2.65. The summed E-state index contributed by atoms with van der Waals surface area (Å²) in [5, 5.41) is 0. The van der Waals surface area contributed by atoms with Crippen LogP contribution in [0.5, 0.6) is 0 Å². The second-order valence-corrected chi connectivity index (χ2v) is 9.52. The first-order valence-corrected chi connectivity index (χ1v) is 9.01. The smallest absolute Gasteiger partial charge is 0.324 e. The van der Waals surface area contributed by atoms with E-state index in [9.17, 15) is 28.7 Å². The van der Waals surface area contributed by atoms with Crippen LogP contribution in [0.15, 0.2) is 0 Å². The average Bonchev–Trinajstić information content (AvgIpc) is 2.55. The maximum Gasteiger partial charge on any atom is 0.343 e. The predicted molar refractivity (Wildman–Crippen MR) is 61.5 cm³/mol. The second-order valence-electron chi connectivity index (χ2n) is 5.28. The average molecular weight is 284 g/mol. The zero-order chi connectivity index (χ0) is 12.9. The van der Waals surface area contributed by atoms with Crippen LogP contribution in [0.2, 0.25) is 0 Å². The zero-order valence-electron chi connectivity index (χ0n) is 9.40. The van der Waals surface area contributed by atoms with Crippen LogP contribution >= 0.6 is 15.2 Å². The Morgan fingerprint density at radius 2 is 1.18 bits per heavy atom. The molecule has 0 aromatic rings. The fraction of sp³-hybridized carbons (Fsp3) is 1.00. The van der Waals surface area contributed by atoms with E-state index in [1.54, 1.807) is 0 Å². The van der Waals surface area contributed by atoms with Crippen LogP contribution in [-0.4, -0.2) is 24.5 Å². The van der Waals surface area contributed by atoms with E-state index in [4.69, 9.17) is 0 Å². The number of fused-ring (bicyclic) bond motifs is 1. The molecule has 8 heteroatoms. The van der Waals surface area contributed by atoms with Gasteiger partial charge in [-0.05, 0) is 24.7 Å². The molecule has 0 aromatic carbocycles. The van der Waals surface area contributed by atoms with Crippen molar-refractivity contribution in [1.29, 1.82) is 0 Å². The highest BCUT2D eigenvalue weighted by atomic mass is 31.2. The Balaban J connectivity index is 2.39. The van der Waals surface area contributed by atoms with E-state index >= 15 is 0 Å². The Bertz CT molecular complexity index is 358. The fourth-order valence-corrected chi connectivity index (χ4v) is 6.64. The zero-order valence-corrected chi connectivity index (χ0v) is 11.2. The molecular weight excluding hydrogens is 266 g/mol. The summed E-state index contributed by atoms with van der Waals surface area (Å²) < 4.78 is 23.1. The van der Waals surface area contributed by atoms with Crippen LogP contribution in [-0.2, 0) is 9.13 Å². The van der Waals surface area contributed by atoms with Gasteiger partial charge in [0.05, 0.1) is 0 Å². The van der Waals surface area contributed by atoms with E-state index in [1.807, 2.05) is 0 Å². The quantitative estimate of drug-likeness (QED) is 0.573. The van der Waals surface area contributed by atoms with Crippen LogP contribution in [0.3, 0.4) is 0 Å². The Morgan fingerprint density at radius 1 is 0.824 bits per heavy atom. The molecule has 2 aliphatic carbocycles. The van der Waals surface area contributed by atoms with Crippen LogP contribution in [0.4, 0.5) is 0 Å². The van der Waals surface area contributed by atoms with Gasteiger partial charge in [-0.1, -0.05) is 25.7 Å². The van der Waals surface area contributed by atoms with E-state index in [0.717, 1.165) is 25.7 Å². The fourth-order valence-electron chi connectivity index (χ4n) is 3.39. The van der Waals surface area contributed by atoms with Gasteiger partial charge in [-0.25, -0.2) is 0 Å². The molecule has 0 radical (unpaired) electrons. The highest BCUT2D eigenvalue weighted by Crippen LogP contribution is 2.77. The molecular formula is C9H18O6P2. The van der Waals surface area contributed by atoms with Gasteiger partial charge in [0.1, 0.15) is 0 Å². The second kappa shape index (κ2) is 4.16. The topological polar surface area (TPSA) is 115 Å². The number of hydrogen-bond acceptors (Lipinski definition) is 2. The van der Waals surface area contributed by atoms with E-state index in [-0.39, 0.29) is 24.7 Å². The molecule has 2 atom stereocenters. The third-order valence-electron chi connectivity index (χ3n) is 4.33. The van der Waals surface area contributed by atoms with Crippen molar-refractivity contribution in [3.63, 3.8) is 0 Å². The SMILES string of the molecule is O=P(O)(O)C1(P(=O)(O)O)CC2CCCCC2C1. The van der Waals surface area contributed by atoms with Crippen molar-refractivity contribution < 1.29 is 28.7 Å². The van der Waals surface area contributed by atoms with Gasteiger partial charge in [-0.15, -0.1) is 0 Å². The predicted octanol–water partition coefficient (Wildman–Crippen LogP) is 1.64. The minimum absolute atomic E-state index is 0.0355. The molecule has 6 nitrogen and oxygen atoms in total. The maximum absolute atomic E-state index is 11.5. The third kappa shape index (κ3) is 2.16. The lowest BCUT2D eigenvalue weighted by Gasteiger charge is -2.30. The van der Waals surface area contributed by atoms with Crippen molar-refractivity contribution >= 4 is 15.2 Å². The largest absolute Gasteiger partial charge is 0.343 e. The van der Waals surface area contributed by atoms with Crippen molar-refractivity contribution in [2.45, 2.75) is 43.4 Å². The van der Waals surface area contributed by atoms with Gasteiger partial charge in [0.25, 0.3) is 0 Å². The lowest BCUT2D eigenvalue weighted by molar-refractivity contribution is 0.277.